The molecular weight excluding hydrogens is 354 g/mol. The van der Waals surface area contributed by atoms with Crippen LogP contribution in [0.1, 0.15) is 10.4 Å². The zero-order valence-electron chi connectivity index (χ0n) is 13.6. The van der Waals surface area contributed by atoms with E-state index in [1.807, 2.05) is 18.2 Å². The van der Waals surface area contributed by atoms with Crippen LogP contribution in [0.25, 0.3) is 11.3 Å². The number of H-pyrrole nitrogens is 1. The molecule has 26 heavy (non-hydrogen) atoms. The van der Waals surface area contributed by atoms with Crippen LogP contribution in [0.4, 0.5) is 0 Å². The summed E-state index contributed by atoms with van der Waals surface area (Å²) in [6, 6.07) is 15.3. The lowest BCUT2D eigenvalue weighted by atomic mass is 10.2. The zero-order valence-corrected chi connectivity index (χ0v) is 14.4. The van der Waals surface area contributed by atoms with E-state index in [1.165, 1.54) is 23.9 Å². The van der Waals surface area contributed by atoms with Crippen molar-refractivity contribution in [1.29, 1.82) is 0 Å². The fourth-order valence-corrected chi connectivity index (χ4v) is 2.79. The summed E-state index contributed by atoms with van der Waals surface area (Å²) < 4.78 is 5.53. The Labute approximate surface area is 153 Å². The molecule has 1 aromatic heterocycles. The Morgan fingerprint density at radius 1 is 1.08 bits per heavy atom. The third-order valence-electron chi connectivity index (χ3n) is 3.42. The number of aromatic carboxylic acids is 1. The lowest BCUT2D eigenvalue weighted by molar-refractivity contribution is 0.0697. The Morgan fingerprint density at radius 2 is 1.81 bits per heavy atom. The standard InChI is InChI=1S/C18H15N3O4S/c22-16-15(12-4-2-1-3-5-12)20-21-18(19-16)26-11-10-25-14-8-6-13(7-9-14)17(23)24/h1-9H,10-11H2,(H,23,24)(H,19,21,22). The molecule has 3 aromatic rings. The van der Waals surface area contributed by atoms with Crippen molar-refractivity contribution in [3.8, 4) is 17.0 Å². The van der Waals surface area contributed by atoms with Gasteiger partial charge in [-0.15, -0.1) is 10.2 Å². The number of nitrogens with one attached hydrogen (secondary N) is 1. The molecule has 1 heterocycles. The van der Waals surface area contributed by atoms with Crippen LogP contribution in [0.3, 0.4) is 0 Å². The highest BCUT2D eigenvalue weighted by atomic mass is 32.2. The van der Waals surface area contributed by atoms with Gasteiger partial charge in [0.1, 0.15) is 5.75 Å². The predicted molar refractivity (Wildman–Crippen MR) is 97.7 cm³/mol. The van der Waals surface area contributed by atoms with E-state index >= 15 is 0 Å². The predicted octanol–water partition coefficient (Wildman–Crippen LogP) is 2.70. The van der Waals surface area contributed by atoms with Gasteiger partial charge in [0, 0.05) is 11.3 Å². The number of rotatable bonds is 7. The van der Waals surface area contributed by atoms with Gasteiger partial charge in [-0.2, -0.15) is 0 Å². The maximum absolute atomic E-state index is 12.1. The molecule has 0 aliphatic heterocycles. The number of carbonyl (C=O) groups is 1. The third kappa shape index (κ3) is 4.48. The summed E-state index contributed by atoms with van der Waals surface area (Å²) in [4.78, 5) is 25.6. The Bertz CT molecular complexity index is 943. The molecule has 0 aliphatic carbocycles. The van der Waals surface area contributed by atoms with Crippen molar-refractivity contribution >= 4 is 17.7 Å². The lowest BCUT2D eigenvalue weighted by Gasteiger charge is -2.06. The first-order valence-corrected chi connectivity index (χ1v) is 8.73. The summed E-state index contributed by atoms with van der Waals surface area (Å²) in [5.74, 6) is 0.152. The number of nitrogens with zero attached hydrogens (tertiary/aromatic N) is 2. The fraction of sp³-hybridized carbons (Fsp3) is 0.111. The first-order valence-electron chi connectivity index (χ1n) is 7.75. The highest BCUT2D eigenvalue weighted by molar-refractivity contribution is 7.99. The number of hydrogen-bond acceptors (Lipinski definition) is 6. The SMILES string of the molecule is O=C(O)c1ccc(OCCSc2nnc(-c3ccccc3)c(=O)[nH]2)cc1. The molecule has 0 saturated carbocycles. The Hall–Kier alpha value is -3.13. The van der Waals surface area contributed by atoms with E-state index in [2.05, 4.69) is 15.2 Å². The summed E-state index contributed by atoms with van der Waals surface area (Å²) in [7, 11) is 0. The molecule has 0 aliphatic rings. The largest absolute Gasteiger partial charge is 0.493 e. The molecule has 0 fully saturated rings. The number of carboxylic acids is 1. The zero-order chi connectivity index (χ0) is 18.4. The minimum absolute atomic E-state index is 0.207. The maximum atomic E-state index is 12.1. The van der Waals surface area contributed by atoms with Crippen molar-refractivity contribution in [2.45, 2.75) is 5.16 Å². The molecule has 0 unspecified atom stereocenters. The normalized spacial score (nSPS) is 10.5. The van der Waals surface area contributed by atoms with E-state index < -0.39 is 5.97 Å². The molecule has 7 nitrogen and oxygen atoms in total. The van der Waals surface area contributed by atoms with E-state index in [0.29, 0.717) is 28.8 Å². The second kappa shape index (κ2) is 8.30. The number of hydrogen-bond donors (Lipinski definition) is 2. The fourth-order valence-electron chi connectivity index (χ4n) is 2.16. The maximum Gasteiger partial charge on any atom is 0.335 e. The smallest absolute Gasteiger partial charge is 0.335 e. The van der Waals surface area contributed by atoms with Gasteiger partial charge in [0.15, 0.2) is 10.9 Å². The van der Waals surface area contributed by atoms with Crippen LogP contribution in [-0.2, 0) is 0 Å². The monoisotopic (exact) mass is 369 g/mol. The second-order valence-corrected chi connectivity index (χ2v) is 6.28. The summed E-state index contributed by atoms with van der Waals surface area (Å²) in [6.45, 7) is 0.376. The van der Waals surface area contributed by atoms with Crippen molar-refractivity contribution in [1.82, 2.24) is 15.2 Å². The lowest BCUT2D eigenvalue weighted by Crippen LogP contribution is -2.14. The molecule has 0 saturated heterocycles. The van der Waals surface area contributed by atoms with Crippen LogP contribution < -0.4 is 10.3 Å². The molecule has 0 radical (unpaired) electrons. The van der Waals surface area contributed by atoms with Crippen molar-refractivity contribution in [2.24, 2.45) is 0 Å². The summed E-state index contributed by atoms with van der Waals surface area (Å²) in [5, 5.41) is 17.3. The number of thioether (sulfide) groups is 1. The summed E-state index contributed by atoms with van der Waals surface area (Å²) in [5.41, 5.74) is 0.910. The third-order valence-corrected chi connectivity index (χ3v) is 4.24. The van der Waals surface area contributed by atoms with Crippen molar-refractivity contribution in [3.63, 3.8) is 0 Å². The van der Waals surface area contributed by atoms with Gasteiger partial charge in [0.25, 0.3) is 5.56 Å². The number of carboxylic acid groups (broad SMARTS) is 1. The summed E-state index contributed by atoms with van der Waals surface area (Å²) >= 11 is 1.32. The van der Waals surface area contributed by atoms with E-state index in [1.54, 1.807) is 24.3 Å². The average Bonchev–Trinajstić information content (AvgIpc) is 2.66. The van der Waals surface area contributed by atoms with Gasteiger partial charge in [0.05, 0.1) is 12.2 Å². The highest BCUT2D eigenvalue weighted by Crippen LogP contribution is 2.16. The van der Waals surface area contributed by atoms with Gasteiger partial charge in [-0.3, -0.25) is 9.78 Å². The number of aromatic nitrogens is 3. The minimum atomic E-state index is -0.978. The Kier molecular flexibility index (Phi) is 5.65. The first kappa shape index (κ1) is 17.7. The van der Waals surface area contributed by atoms with E-state index in [-0.39, 0.29) is 16.8 Å². The number of benzene rings is 2. The molecule has 132 valence electrons. The molecule has 0 bridgehead atoms. The van der Waals surface area contributed by atoms with Crippen LogP contribution in [0.2, 0.25) is 0 Å². The van der Waals surface area contributed by atoms with Crippen molar-refractivity contribution < 1.29 is 14.6 Å². The number of ether oxygens (including phenoxy) is 1. The summed E-state index contributed by atoms with van der Waals surface area (Å²) in [6.07, 6.45) is 0. The van der Waals surface area contributed by atoms with E-state index in [4.69, 9.17) is 9.84 Å². The second-order valence-electron chi connectivity index (χ2n) is 5.20. The minimum Gasteiger partial charge on any atom is -0.493 e. The molecule has 0 atom stereocenters. The molecule has 3 rings (SSSR count). The van der Waals surface area contributed by atoms with Gasteiger partial charge >= 0.3 is 5.97 Å². The first-order chi connectivity index (χ1) is 12.6. The highest BCUT2D eigenvalue weighted by Gasteiger charge is 2.07. The molecule has 2 N–H and O–H groups in total. The van der Waals surface area contributed by atoms with E-state index in [0.717, 1.165) is 0 Å². The molecule has 0 spiro atoms. The van der Waals surface area contributed by atoms with Gasteiger partial charge in [-0.05, 0) is 24.3 Å². The number of aromatic amines is 1. The van der Waals surface area contributed by atoms with Gasteiger partial charge in [-0.1, -0.05) is 42.1 Å². The van der Waals surface area contributed by atoms with Crippen LogP contribution in [0.15, 0.2) is 64.5 Å². The topological polar surface area (TPSA) is 105 Å². The average molecular weight is 369 g/mol. The Balaban J connectivity index is 1.53. The molecule has 2 aromatic carbocycles. The van der Waals surface area contributed by atoms with Crippen molar-refractivity contribution in [3.05, 3.63) is 70.5 Å². The van der Waals surface area contributed by atoms with Gasteiger partial charge in [-0.25, -0.2) is 4.79 Å². The molecule has 8 heteroatoms. The van der Waals surface area contributed by atoms with Crippen molar-refractivity contribution in [2.75, 3.05) is 12.4 Å². The molecular formula is C18H15N3O4S. The van der Waals surface area contributed by atoms with Gasteiger partial charge in [0.2, 0.25) is 0 Å². The quantitative estimate of drug-likeness (QED) is 0.487. The van der Waals surface area contributed by atoms with E-state index in [9.17, 15) is 9.59 Å². The van der Waals surface area contributed by atoms with Crippen LogP contribution in [0, 0.1) is 0 Å². The van der Waals surface area contributed by atoms with Crippen LogP contribution >= 0.6 is 11.8 Å². The van der Waals surface area contributed by atoms with Crippen LogP contribution in [-0.4, -0.2) is 38.6 Å². The van der Waals surface area contributed by atoms with Crippen LogP contribution in [0.5, 0.6) is 5.75 Å². The van der Waals surface area contributed by atoms with Gasteiger partial charge < -0.3 is 9.84 Å². The Morgan fingerprint density at radius 3 is 2.46 bits per heavy atom. The molecule has 0 amide bonds.